The van der Waals surface area contributed by atoms with Gasteiger partial charge in [0.1, 0.15) is 6.61 Å². The molecule has 4 aromatic rings. The summed E-state index contributed by atoms with van der Waals surface area (Å²) in [6.07, 6.45) is 3.91. The maximum Gasteiger partial charge on any atom is 0.200 e. The third-order valence-electron chi connectivity index (χ3n) is 5.60. The Hall–Kier alpha value is -3.05. The van der Waals surface area contributed by atoms with Gasteiger partial charge in [-0.25, -0.2) is 0 Å². The first-order chi connectivity index (χ1) is 16.7. The number of hydrogen-bond donors (Lipinski definition) is 1. The summed E-state index contributed by atoms with van der Waals surface area (Å²) < 4.78 is 7.40. The van der Waals surface area contributed by atoms with Crippen LogP contribution in [0.2, 0.25) is 0 Å². The van der Waals surface area contributed by atoms with Crippen molar-refractivity contribution in [2.45, 2.75) is 23.5 Å². The van der Waals surface area contributed by atoms with Crippen LogP contribution >= 0.6 is 11.8 Å². The van der Waals surface area contributed by atoms with Crippen LogP contribution < -0.4 is 0 Å². The number of oxime groups is 1. The smallest absolute Gasteiger partial charge is 0.200 e. The molecule has 34 heavy (non-hydrogen) atoms. The number of fused-ring (bicyclic) bond motifs is 2. The van der Waals surface area contributed by atoms with Gasteiger partial charge in [0.15, 0.2) is 10.8 Å². The third-order valence-corrected chi connectivity index (χ3v) is 6.55. The molecular formula is C24H26N6O3S. The number of pyridine rings is 2. The number of rotatable bonds is 8. The van der Waals surface area contributed by atoms with Crippen molar-refractivity contribution in [1.82, 2.24) is 24.5 Å². The largest absolute Gasteiger partial charge is 0.393 e. The van der Waals surface area contributed by atoms with Crippen molar-refractivity contribution in [3.05, 3.63) is 59.9 Å². The second-order valence-corrected chi connectivity index (χ2v) is 9.09. The van der Waals surface area contributed by atoms with Crippen LogP contribution in [0, 0.1) is 0 Å². The second-order valence-electron chi connectivity index (χ2n) is 8.05. The minimum Gasteiger partial charge on any atom is -0.393 e. The van der Waals surface area contributed by atoms with Gasteiger partial charge in [-0.15, -0.1) is 10.2 Å². The van der Waals surface area contributed by atoms with Crippen molar-refractivity contribution >= 4 is 34.0 Å². The molecule has 9 nitrogen and oxygen atoms in total. The minimum absolute atomic E-state index is 0.0714. The van der Waals surface area contributed by atoms with E-state index in [9.17, 15) is 0 Å². The zero-order valence-electron chi connectivity index (χ0n) is 18.9. The standard InChI is InChI=1S/C24H26N6O3S/c1-17(28-33-11-8-31)19-2-5-23-26-27-24(30(23)16-19)34-21-3-4-22-20(13-21)12-18(14-25-22)15-29-6-9-32-10-7-29/h2-5,12-14,16,31H,6-11,15H2,1H3. The van der Waals surface area contributed by atoms with Gasteiger partial charge in [0.2, 0.25) is 0 Å². The van der Waals surface area contributed by atoms with Gasteiger partial charge in [0.05, 0.1) is 31.0 Å². The Morgan fingerprint density at radius 2 is 2.06 bits per heavy atom. The molecule has 0 atom stereocenters. The average molecular weight is 479 g/mol. The van der Waals surface area contributed by atoms with Crippen LogP contribution in [-0.2, 0) is 16.1 Å². The SMILES string of the molecule is CC(=NOCCO)c1ccc2nnc(Sc3ccc4ncc(CN5CCOCC5)cc4c3)n2c1. The van der Waals surface area contributed by atoms with Gasteiger partial charge >= 0.3 is 0 Å². The number of ether oxygens (including phenoxy) is 1. The molecule has 1 N–H and O–H groups in total. The van der Waals surface area contributed by atoms with E-state index in [1.54, 1.807) is 11.8 Å². The topological polar surface area (TPSA) is 97.4 Å². The van der Waals surface area contributed by atoms with E-state index in [2.05, 4.69) is 43.4 Å². The van der Waals surface area contributed by atoms with Crippen molar-refractivity contribution in [3.63, 3.8) is 0 Å². The normalized spacial score (nSPS) is 15.3. The molecule has 0 aliphatic carbocycles. The van der Waals surface area contributed by atoms with Crippen molar-refractivity contribution in [1.29, 1.82) is 0 Å². The Morgan fingerprint density at radius 1 is 1.18 bits per heavy atom. The number of nitrogens with zero attached hydrogens (tertiary/aromatic N) is 6. The van der Waals surface area contributed by atoms with Gasteiger partial charge in [0.25, 0.3) is 0 Å². The molecule has 0 bridgehead atoms. The highest BCUT2D eigenvalue weighted by atomic mass is 32.2. The van der Waals surface area contributed by atoms with Crippen LogP contribution in [-0.4, -0.2) is 74.8 Å². The van der Waals surface area contributed by atoms with Crippen LogP contribution in [0.1, 0.15) is 18.1 Å². The van der Waals surface area contributed by atoms with Gasteiger partial charge in [-0.1, -0.05) is 5.16 Å². The summed E-state index contributed by atoms with van der Waals surface area (Å²) >= 11 is 1.55. The lowest BCUT2D eigenvalue weighted by atomic mass is 10.1. The van der Waals surface area contributed by atoms with E-state index in [4.69, 9.17) is 14.7 Å². The fourth-order valence-corrected chi connectivity index (χ4v) is 4.68. The van der Waals surface area contributed by atoms with Crippen LogP contribution in [0.4, 0.5) is 0 Å². The quantitative estimate of drug-likeness (QED) is 0.235. The monoisotopic (exact) mass is 478 g/mol. The fourth-order valence-electron chi connectivity index (χ4n) is 3.82. The lowest BCUT2D eigenvalue weighted by molar-refractivity contribution is 0.0341. The van der Waals surface area contributed by atoms with Crippen LogP contribution in [0.5, 0.6) is 0 Å². The van der Waals surface area contributed by atoms with E-state index in [-0.39, 0.29) is 13.2 Å². The molecule has 1 aliphatic heterocycles. The van der Waals surface area contributed by atoms with Crippen LogP contribution in [0.3, 0.4) is 0 Å². The third kappa shape index (κ3) is 5.20. The molecule has 0 unspecified atom stereocenters. The van der Waals surface area contributed by atoms with Crippen LogP contribution in [0.15, 0.2) is 64.0 Å². The van der Waals surface area contributed by atoms with Crippen molar-refractivity contribution < 1.29 is 14.7 Å². The molecule has 0 spiro atoms. The summed E-state index contributed by atoms with van der Waals surface area (Å²) in [5, 5.41) is 23.5. The molecule has 1 aliphatic rings. The molecular weight excluding hydrogens is 452 g/mol. The molecule has 176 valence electrons. The fraction of sp³-hybridized carbons (Fsp3) is 0.333. The van der Waals surface area contributed by atoms with Crippen molar-refractivity contribution in [3.8, 4) is 0 Å². The van der Waals surface area contributed by atoms with Gasteiger partial charge < -0.3 is 14.7 Å². The van der Waals surface area contributed by atoms with E-state index in [0.717, 1.165) is 65.0 Å². The number of hydrogen-bond acceptors (Lipinski definition) is 9. The first kappa shape index (κ1) is 22.7. The zero-order valence-corrected chi connectivity index (χ0v) is 19.7. The van der Waals surface area contributed by atoms with Crippen molar-refractivity contribution in [2.75, 3.05) is 39.5 Å². The zero-order chi connectivity index (χ0) is 23.3. The molecule has 0 radical (unpaired) electrons. The van der Waals surface area contributed by atoms with E-state index in [0.29, 0.717) is 5.71 Å². The number of benzene rings is 1. The summed E-state index contributed by atoms with van der Waals surface area (Å²) in [6, 6.07) is 12.3. The van der Waals surface area contributed by atoms with Gasteiger partial charge in [-0.2, -0.15) is 0 Å². The van der Waals surface area contributed by atoms with Crippen molar-refractivity contribution in [2.24, 2.45) is 5.16 Å². The Morgan fingerprint density at radius 3 is 2.91 bits per heavy atom. The molecule has 5 rings (SSSR count). The van der Waals surface area contributed by atoms with E-state index >= 15 is 0 Å². The summed E-state index contributed by atoms with van der Waals surface area (Å²) in [5.41, 5.74) is 4.53. The van der Waals surface area contributed by atoms with E-state index < -0.39 is 0 Å². The number of aromatic nitrogens is 4. The summed E-state index contributed by atoms with van der Waals surface area (Å²) in [4.78, 5) is 13.2. The highest BCUT2D eigenvalue weighted by Gasteiger charge is 2.13. The number of morpholine rings is 1. The molecule has 1 saturated heterocycles. The molecule has 1 aromatic carbocycles. The molecule has 1 fully saturated rings. The summed E-state index contributed by atoms with van der Waals surface area (Å²) in [6.45, 7) is 6.32. The first-order valence-corrected chi connectivity index (χ1v) is 12.0. The maximum absolute atomic E-state index is 8.87. The molecule has 0 saturated carbocycles. The molecule has 3 aromatic heterocycles. The molecule has 4 heterocycles. The van der Waals surface area contributed by atoms with Gasteiger partial charge in [-0.3, -0.25) is 14.3 Å². The minimum atomic E-state index is -0.0714. The lowest BCUT2D eigenvalue weighted by Crippen LogP contribution is -2.35. The van der Waals surface area contributed by atoms with Gasteiger partial charge in [0, 0.05) is 47.9 Å². The Labute approximate surface area is 201 Å². The lowest BCUT2D eigenvalue weighted by Gasteiger charge is -2.26. The predicted molar refractivity (Wildman–Crippen MR) is 130 cm³/mol. The average Bonchev–Trinajstić information content (AvgIpc) is 3.26. The Balaban J connectivity index is 1.37. The second kappa shape index (κ2) is 10.5. The molecule has 0 amide bonds. The summed E-state index contributed by atoms with van der Waals surface area (Å²) in [5.74, 6) is 0. The summed E-state index contributed by atoms with van der Waals surface area (Å²) in [7, 11) is 0. The van der Waals surface area contributed by atoms with E-state index in [1.165, 1.54) is 5.56 Å². The van der Waals surface area contributed by atoms with Gasteiger partial charge in [-0.05, 0) is 60.6 Å². The highest BCUT2D eigenvalue weighted by Crippen LogP contribution is 2.29. The Bertz CT molecular complexity index is 1320. The first-order valence-electron chi connectivity index (χ1n) is 11.2. The number of aliphatic hydroxyl groups excluding tert-OH is 1. The number of aliphatic hydroxyl groups is 1. The Kier molecular flexibility index (Phi) is 7.00. The van der Waals surface area contributed by atoms with E-state index in [1.807, 2.05) is 41.9 Å². The highest BCUT2D eigenvalue weighted by molar-refractivity contribution is 7.99. The predicted octanol–water partition coefficient (Wildman–Crippen LogP) is 2.99. The molecule has 10 heteroatoms. The van der Waals surface area contributed by atoms with Crippen LogP contribution in [0.25, 0.3) is 16.6 Å². The maximum atomic E-state index is 8.87.